The lowest BCUT2D eigenvalue weighted by atomic mass is 10.1. The van der Waals surface area contributed by atoms with Crippen LogP contribution in [0.2, 0.25) is 0 Å². The fourth-order valence-corrected chi connectivity index (χ4v) is 4.33. The van der Waals surface area contributed by atoms with Crippen LogP contribution < -0.4 is 4.57 Å². The molecule has 9 heteroatoms. The molecular weight excluding hydrogens is 411 g/mol. The number of hydrogen-bond donors (Lipinski definition) is 0. The van der Waals surface area contributed by atoms with Gasteiger partial charge in [0.05, 0.1) is 15.7 Å². The zero-order chi connectivity index (χ0) is 20.4. The molecule has 0 radical (unpaired) electrons. The van der Waals surface area contributed by atoms with Crippen LogP contribution in [0.4, 0.5) is 13.2 Å². The van der Waals surface area contributed by atoms with E-state index in [2.05, 4.69) is 0 Å². The lowest BCUT2D eigenvalue weighted by molar-refractivity contribution is -0.668. The maximum atomic E-state index is 12.7. The predicted octanol–water partition coefficient (Wildman–Crippen LogP) is 4.31. The molecule has 0 fully saturated rings. The number of benzene rings is 2. The summed E-state index contributed by atoms with van der Waals surface area (Å²) in [6.07, 6.45) is -0.721. The van der Waals surface area contributed by atoms with E-state index in [1.54, 1.807) is 12.2 Å². The molecule has 3 rings (SSSR count). The molecule has 0 spiro atoms. The molecule has 0 bridgehead atoms. The van der Waals surface area contributed by atoms with Gasteiger partial charge < -0.3 is 4.55 Å². The number of rotatable bonds is 6. The van der Waals surface area contributed by atoms with Gasteiger partial charge in [0.15, 0.2) is 6.54 Å². The molecule has 0 atom stereocenters. The predicted molar refractivity (Wildman–Crippen MR) is 102 cm³/mol. The van der Waals surface area contributed by atoms with E-state index in [9.17, 15) is 26.1 Å². The van der Waals surface area contributed by atoms with Gasteiger partial charge in [-0.05, 0) is 29.8 Å². The first-order valence-corrected chi connectivity index (χ1v) is 10.7. The summed E-state index contributed by atoms with van der Waals surface area (Å²) in [6.45, 7) is 0.345. The summed E-state index contributed by atoms with van der Waals surface area (Å²) in [5, 5.41) is 0.810. The fourth-order valence-electron chi connectivity index (χ4n) is 2.76. The standard InChI is InChI=1S/C19H16F3NO3S2/c20-19(21,22)15-9-6-14(7-10-15)8-11-18-23(12-3-13-28(24,25)26)16-4-1-2-5-17(16)27-18/h1-2,4-11H,3,12-13H2/b11-8+. The van der Waals surface area contributed by atoms with Crippen LogP contribution in [0.25, 0.3) is 22.4 Å². The van der Waals surface area contributed by atoms with Gasteiger partial charge in [-0.25, -0.2) is 8.42 Å². The second-order valence-corrected chi connectivity index (χ2v) is 8.71. The van der Waals surface area contributed by atoms with Gasteiger partial charge in [0.1, 0.15) is 4.70 Å². The summed E-state index contributed by atoms with van der Waals surface area (Å²) in [7, 11) is -4.28. The Hall–Kier alpha value is -2.23. The van der Waals surface area contributed by atoms with E-state index in [1.807, 2.05) is 28.8 Å². The molecule has 0 N–H and O–H groups in total. The van der Waals surface area contributed by atoms with Gasteiger partial charge in [0.2, 0.25) is 5.52 Å². The maximum absolute atomic E-state index is 12.7. The summed E-state index contributed by atoms with van der Waals surface area (Å²) >= 11 is 1.48. The monoisotopic (exact) mass is 427 g/mol. The van der Waals surface area contributed by atoms with Crippen LogP contribution in [-0.4, -0.2) is 18.7 Å². The molecule has 0 aliphatic rings. The van der Waals surface area contributed by atoms with E-state index in [0.29, 0.717) is 12.1 Å². The summed E-state index contributed by atoms with van der Waals surface area (Å²) in [4.78, 5) is 0. The largest absolute Gasteiger partial charge is 0.748 e. The third-order valence-electron chi connectivity index (χ3n) is 4.07. The third kappa shape index (κ3) is 5.18. The number of aromatic nitrogens is 1. The van der Waals surface area contributed by atoms with E-state index >= 15 is 0 Å². The highest BCUT2D eigenvalue weighted by molar-refractivity contribution is 7.85. The van der Waals surface area contributed by atoms with Gasteiger partial charge in [-0.1, -0.05) is 35.6 Å². The van der Waals surface area contributed by atoms with Crippen molar-refractivity contribution in [3.63, 3.8) is 0 Å². The molecule has 0 saturated carbocycles. The first-order valence-electron chi connectivity index (χ1n) is 8.34. The Morgan fingerprint density at radius 1 is 1.04 bits per heavy atom. The van der Waals surface area contributed by atoms with Gasteiger partial charge in [0.25, 0.3) is 5.01 Å². The van der Waals surface area contributed by atoms with Crippen molar-refractivity contribution in [2.75, 3.05) is 5.75 Å². The normalized spacial score (nSPS) is 12.9. The minimum Gasteiger partial charge on any atom is -0.748 e. The highest BCUT2D eigenvalue weighted by Crippen LogP contribution is 2.29. The van der Waals surface area contributed by atoms with Crippen molar-refractivity contribution in [3.8, 4) is 0 Å². The van der Waals surface area contributed by atoms with Crippen molar-refractivity contribution < 1.29 is 30.7 Å². The Labute approximate surface area is 164 Å². The SMILES string of the molecule is O=S(=O)([O-])CCC[n+]1c(/C=C/c2ccc(C(F)(F)F)cc2)sc2ccccc21. The molecule has 1 heterocycles. The minimum absolute atomic E-state index is 0.179. The Morgan fingerprint density at radius 3 is 2.36 bits per heavy atom. The van der Waals surface area contributed by atoms with E-state index in [1.165, 1.54) is 23.5 Å². The summed E-state index contributed by atoms with van der Waals surface area (Å²) in [5.41, 5.74) is 0.808. The van der Waals surface area contributed by atoms with Crippen molar-refractivity contribution in [3.05, 3.63) is 64.7 Å². The molecule has 3 aromatic rings. The molecule has 148 valence electrons. The Morgan fingerprint density at radius 2 is 1.71 bits per heavy atom. The number of thiazole rings is 1. The van der Waals surface area contributed by atoms with Gasteiger partial charge in [0, 0.05) is 24.3 Å². The summed E-state index contributed by atoms with van der Waals surface area (Å²) in [6, 6.07) is 12.4. The molecular formula is C19H16F3NO3S2. The third-order valence-corrected chi connectivity index (χ3v) is 5.99. The zero-order valence-corrected chi connectivity index (χ0v) is 16.2. The van der Waals surface area contributed by atoms with Crippen molar-refractivity contribution in [2.24, 2.45) is 0 Å². The highest BCUT2D eigenvalue weighted by atomic mass is 32.2. The number of alkyl halides is 3. The Balaban J connectivity index is 1.87. The van der Waals surface area contributed by atoms with E-state index < -0.39 is 27.6 Å². The minimum atomic E-state index is -4.38. The molecule has 0 aliphatic carbocycles. The summed E-state index contributed by atoms with van der Waals surface area (Å²) in [5.74, 6) is -0.452. The number of hydrogen-bond acceptors (Lipinski definition) is 4. The molecule has 0 amide bonds. The molecule has 2 aromatic carbocycles. The quantitative estimate of drug-likeness (QED) is 0.435. The van der Waals surface area contributed by atoms with Gasteiger partial charge in [-0.15, -0.1) is 0 Å². The first kappa shape index (κ1) is 20.5. The Kier molecular flexibility index (Phi) is 5.87. The number of aryl methyl sites for hydroxylation is 1. The van der Waals surface area contributed by atoms with Crippen LogP contribution >= 0.6 is 11.3 Å². The van der Waals surface area contributed by atoms with E-state index in [-0.39, 0.29) is 6.42 Å². The van der Waals surface area contributed by atoms with Crippen molar-refractivity contribution in [1.29, 1.82) is 0 Å². The number of para-hydroxylation sites is 1. The van der Waals surface area contributed by atoms with Crippen LogP contribution in [-0.2, 0) is 22.8 Å². The van der Waals surface area contributed by atoms with Gasteiger partial charge >= 0.3 is 6.18 Å². The first-order chi connectivity index (χ1) is 13.1. The zero-order valence-electron chi connectivity index (χ0n) is 14.5. The van der Waals surface area contributed by atoms with Gasteiger partial charge in [-0.2, -0.15) is 17.7 Å². The molecule has 0 aliphatic heterocycles. The second-order valence-electron chi connectivity index (χ2n) is 6.13. The molecule has 28 heavy (non-hydrogen) atoms. The Bertz CT molecular complexity index is 1100. The summed E-state index contributed by atoms with van der Waals surface area (Å²) < 4.78 is 73.5. The van der Waals surface area contributed by atoms with Crippen LogP contribution in [0, 0.1) is 0 Å². The molecule has 0 saturated heterocycles. The van der Waals surface area contributed by atoms with Crippen LogP contribution in [0.15, 0.2) is 48.5 Å². The topological polar surface area (TPSA) is 61.1 Å². The molecule has 0 unspecified atom stereocenters. The van der Waals surface area contributed by atoms with Crippen molar-refractivity contribution in [1.82, 2.24) is 0 Å². The van der Waals surface area contributed by atoms with Gasteiger partial charge in [-0.3, -0.25) is 0 Å². The average molecular weight is 427 g/mol. The lowest BCUT2D eigenvalue weighted by Crippen LogP contribution is -2.35. The van der Waals surface area contributed by atoms with Crippen LogP contribution in [0.5, 0.6) is 0 Å². The number of fused-ring (bicyclic) bond motifs is 1. The van der Waals surface area contributed by atoms with Crippen molar-refractivity contribution in [2.45, 2.75) is 19.1 Å². The molecule has 1 aromatic heterocycles. The smallest absolute Gasteiger partial charge is 0.416 e. The fraction of sp³-hybridized carbons (Fsp3) is 0.211. The van der Waals surface area contributed by atoms with E-state index in [4.69, 9.17) is 0 Å². The molecule has 4 nitrogen and oxygen atoms in total. The number of nitrogens with zero attached hydrogens (tertiary/aromatic N) is 1. The lowest BCUT2D eigenvalue weighted by Gasteiger charge is -2.05. The van der Waals surface area contributed by atoms with Crippen LogP contribution in [0.1, 0.15) is 22.6 Å². The highest BCUT2D eigenvalue weighted by Gasteiger charge is 2.29. The second kappa shape index (κ2) is 8.02. The number of halogens is 3. The average Bonchev–Trinajstić information content (AvgIpc) is 2.96. The van der Waals surface area contributed by atoms with Crippen LogP contribution in [0.3, 0.4) is 0 Å². The van der Waals surface area contributed by atoms with E-state index in [0.717, 1.165) is 27.4 Å². The van der Waals surface area contributed by atoms with Crippen molar-refractivity contribution >= 4 is 43.8 Å². The maximum Gasteiger partial charge on any atom is 0.416 e.